The molecule has 0 unspecified atom stereocenters. The molecular formula is C19H23N5O3. The van der Waals surface area contributed by atoms with E-state index in [4.69, 9.17) is 4.42 Å². The molecule has 2 N–H and O–H groups in total. The first-order valence-corrected chi connectivity index (χ1v) is 9.23. The first-order valence-electron chi connectivity index (χ1n) is 9.23. The number of hydrogen-bond acceptors (Lipinski definition) is 5. The van der Waals surface area contributed by atoms with Crippen LogP contribution in [0.25, 0.3) is 0 Å². The number of aromatic nitrogens is 1. The molecule has 8 heteroatoms. The Morgan fingerprint density at radius 3 is 2.93 bits per heavy atom. The monoisotopic (exact) mass is 369 g/mol. The fourth-order valence-electron chi connectivity index (χ4n) is 3.49. The van der Waals surface area contributed by atoms with Gasteiger partial charge in [0.1, 0.15) is 6.26 Å². The normalized spacial score (nSPS) is 16.9. The Morgan fingerprint density at radius 2 is 2.11 bits per heavy atom. The maximum Gasteiger partial charge on any atom is 0.317 e. The summed E-state index contributed by atoms with van der Waals surface area (Å²) < 4.78 is 5.49. The summed E-state index contributed by atoms with van der Waals surface area (Å²) in [5.74, 6) is 0.257. The molecule has 1 saturated heterocycles. The molecular weight excluding hydrogens is 346 g/mol. The predicted molar refractivity (Wildman–Crippen MR) is 98.1 cm³/mol. The van der Waals surface area contributed by atoms with Crippen LogP contribution in [0.15, 0.2) is 34.9 Å². The van der Waals surface area contributed by atoms with Gasteiger partial charge in [0.05, 0.1) is 6.54 Å². The molecule has 3 heterocycles. The molecule has 0 bridgehead atoms. The largest absolute Gasteiger partial charge is 0.447 e. The average Bonchev–Trinajstić information content (AvgIpc) is 3.31. The zero-order valence-corrected chi connectivity index (χ0v) is 15.1. The predicted octanol–water partition coefficient (Wildman–Crippen LogP) is 0.988. The van der Waals surface area contributed by atoms with E-state index in [-0.39, 0.29) is 17.6 Å². The Labute approximate surface area is 157 Å². The van der Waals surface area contributed by atoms with Gasteiger partial charge in [-0.2, -0.15) is 0 Å². The Balaban J connectivity index is 1.27. The maximum absolute atomic E-state index is 12.2. The van der Waals surface area contributed by atoms with Crippen molar-refractivity contribution in [3.63, 3.8) is 0 Å². The van der Waals surface area contributed by atoms with E-state index < -0.39 is 0 Å². The lowest BCUT2D eigenvalue weighted by Gasteiger charge is -2.27. The SMILES string of the molecule is O=C(NCCN1CCNC1=O)c1coc(CN2CCc3ccccc3C2)n1. The Hall–Kier alpha value is -2.87. The number of hydrogen-bond donors (Lipinski definition) is 2. The fraction of sp³-hybridized carbons (Fsp3) is 0.421. The van der Waals surface area contributed by atoms with E-state index in [1.165, 1.54) is 17.4 Å². The van der Waals surface area contributed by atoms with E-state index in [1.807, 2.05) is 0 Å². The van der Waals surface area contributed by atoms with Gasteiger partial charge in [-0.25, -0.2) is 9.78 Å². The third-order valence-electron chi connectivity index (χ3n) is 4.97. The summed E-state index contributed by atoms with van der Waals surface area (Å²) in [7, 11) is 0. The second-order valence-electron chi connectivity index (χ2n) is 6.83. The number of nitrogens with zero attached hydrogens (tertiary/aromatic N) is 3. The lowest BCUT2D eigenvalue weighted by Crippen LogP contribution is -2.36. The summed E-state index contributed by atoms with van der Waals surface area (Å²) in [6, 6.07) is 8.37. The third kappa shape index (κ3) is 4.11. The van der Waals surface area contributed by atoms with Crippen LogP contribution in [0.3, 0.4) is 0 Å². The van der Waals surface area contributed by atoms with Gasteiger partial charge in [-0.05, 0) is 17.5 Å². The van der Waals surface area contributed by atoms with Crippen molar-refractivity contribution in [1.82, 2.24) is 25.4 Å². The number of oxazole rings is 1. The van der Waals surface area contributed by atoms with Crippen molar-refractivity contribution in [2.45, 2.75) is 19.5 Å². The minimum atomic E-state index is -0.284. The van der Waals surface area contributed by atoms with Crippen LogP contribution in [0.2, 0.25) is 0 Å². The highest BCUT2D eigenvalue weighted by atomic mass is 16.3. The molecule has 27 heavy (non-hydrogen) atoms. The molecule has 2 aromatic rings. The quantitative estimate of drug-likeness (QED) is 0.792. The molecule has 1 aromatic heterocycles. The topological polar surface area (TPSA) is 90.7 Å². The standard InChI is InChI=1S/C19H23N5O3/c25-18(20-6-9-24-10-7-21-19(24)26)16-13-27-17(22-16)12-23-8-5-14-3-1-2-4-15(14)11-23/h1-4,13H,5-12H2,(H,20,25)(H,21,26). The summed E-state index contributed by atoms with van der Waals surface area (Å²) in [4.78, 5) is 31.9. The van der Waals surface area contributed by atoms with Crippen molar-refractivity contribution >= 4 is 11.9 Å². The molecule has 2 aliphatic rings. The molecule has 8 nitrogen and oxygen atoms in total. The minimum absolute atomic E-state index is 0.0870. The average molecular weight is 369 g/mol. The number of nitrogens with one attached hydrogen (secondary N) is 2. The number of urea groups is 1. The second kappa shape index (κ2) is 7.79. The van der Waals surface area contributed by atoms with E-state index in [2.05, 4.69) is 44.8 Å². The summed E-state index contributed by atoms with van der Waals surface area (Å²) in [5, 5.41) is 5.51. The molecule has 0 saturated carbocycles. The molecule has 0 atom stereocenters. The highest BCUT2D eigenvalue weighted by Crippen LogP contribution is 2.20. The lowest BCUT2D eigenvalue weighted by molar-refractivity contribution is 0.0945. The van der Waals surface area contributed by atoms with Crippen molar-refractivity contribution in [1.29, 1.82) is 0 Å². The Morgan fingerprint density at radius 1 is 1.26 bits per heavy atom. The molecule has 2 aliphatic heterocycles. The van der Waals surface area contributed by atoms with E-state index in [1.54, 1.807) is 4.90 Å². The van der Waals surface area contributed by atoms with Crippen molar-refractivity contribution < 1.29 is 14.0 Å². The molecule has 1 fully saturated rings. The third-order valence-corrected chi connectivity index (χ3v) is 4.97. The van der Waals surface area contributed by atoms with Gasteiger partial charge in [0.15, 0.2) is 5.69 Å². The summed E-state index contributed by atoms with van der Waals surface area (Å²) in [6.07, 6.45) is 2.40. The molecule has 142 valence electrons. The molecule has 4 rings (SSSR count). The van der Waals surface area contributed by atoms with Crippen LogP contribution >= 0.6 is 0 Å². The zero-order valence-electron chi connectivity index (χ0n) is 15.1. The Kier molecular flexibility index (Phi) is 5.06. The number of amides is 3. The second-order valence-corrected chi connectivity index (χ2v) is 6.83. The van der Waals surface area contributed by atoms with Crippen LogP contribution in [0.5, 0.6) is 0 Å². The molecule has 3 amide bonds. The molecule has 0 spiro atoms. The first kappa shape index (κ1) is 17.5. The highest BCUT2D eigenvalue weighted by Gasteiger charge is 2.21. The number of carbonyl (C=O) groups excluding carboxylic acids is 2. The fourth-order valence-corrected chi connectivity index (χ4v) is 3.49. The van der Waals surface area contributed by atoms with Crippen LogP contribution < -0.4 is 10.6 Å². The molecule has 1 aromatic carbocycles. The van der Waals surface area contributed by atoms with Crippen molar-refractivity contribution in [2.75, 3.05) is 32.7 Å². The number of rotatable bonds is 6. The smallest absolute Gasteiger partial charge is 0.317 e. The lowest BCUT2D eigenvalue weighted by atomic mass is 10.00. The van der Waals surface area contributed by atoms with Gasteiger partial charge in [-0.3, -0.25) is 9.69 Å². The van der Waals surface area contributed by atoms with Gasteiger partial charge in [0.25, 0.3) is 5.91 Å². The van der Waals surface area contributed by atoms with Gasteiger partial charge in [-0.15, -0.1) is 0 Å². The van der Waals surface area contributed by atoms with Crippen LogP contribution in [-0.4, -0.2) is 59.4 Å². The van der Waals surface area contributed by atoms with Crippen molar-refractivity contribution in [3.05, 3.63) is 53.2 Å². The van der Waals surface area contributed by atoms with Gasteiger partial charge >= 0.3 is 6.03 Å². The number of carbonyl (C=O) groups is 2. The van der Waals surface area contributed by atoms with Crippen LogP contribution in [0, 0.1) is 0 Å². The van der Waals surface area contributed by atoms with Crippen molar-refractivity contribution in [2.24, 2.45) is 0 Å². The van der Waals surface area contributed by atoms with Gasteiger partial charge < -0.3 is 20.0 Å². The number of fused-ring (bicyclic) bond motifs is 1. The van der Waals surface area contributed by atoms with Gasteiger partial charge in [0, 0.05) is 39.3 Å². The van der Waals surface area contributed by atoms with E-state index in [9.17, 15) is 9.59 Å². The van der Waals surface area contributed by atoms with Crippen LogP contribution in [0.4, 0.5) is 4.79 Å². The van der Waals surface area contributed by atoms with Gasteiger partial charge in [0.2, 0.25) is 5.89 Å². The summed E-state index contributed by atoms with van der Waals surface area (Å²) in [5.41, 5.74) is 3.00. The van der Waals surface area contributed by atoms with Crippen LogP contribution in [0.1, 0.15) is 27.5 Å². The molecule has 0 radical (unpaired) electrons. The summed E-state index contributed by atoms with van der Waals surface area (Å²) in [6.45, 7) is 4.57. The Bertz CT molecular complexity index is 834. The van der Waals surface area contributed by atoms with Crippen molar-refractivity contribution in [3.8, 4) is 0 Å². The van der Waals surface area contributed by atoms with E-state index in [0.717, 1.165) is 19.5 Å². The minimum Gasteiger partial charge on any atom is -0.447 e. The number of benzene rings is 1. The van der Waals surface area contributed by atoms with E-state index in [0.29, 0.717) is 38.6 Å². The summed E-state index contributed by atoms with van der Waals surface area (Å²) >= 11 is 0. The van der Waals surface area contributed by atoms with E-state index >= 15 is 0 Å². The maximum atomic E-state index is 12.2. The van der Waals surface area contributed by atoms with Crippen LogP contribution in [-0.2, 0) is 19.5 Å². The highest BCUT2D eigenvalue weighted by molar-refractivity contribution is 5.91. The first-order chi connectivity index (χ1) is 13.2. The molecule has 0 aliphatic carbocycles. The zero-order chi connectivity index (χ0) is 18.6. The van der Waals surface area contributed by atoms with Gasteiger partial charge in [-0.1, -0.05) is 24.3 Å².